The molecule has 3 rings (SSSR count). The van der Waals surface area contributed by atoms with Crippen LogP contribution < -0.4 is 14.8 Å². The van der Waals surface area contributed by atoms with Crippen molar-refractivity contribution in [1.29, 1.82) is 0 Å². The molecule has 0 aliphatic rings. The average Bonchev–Trinajstić information content (AvgIpc) is 3.15. The fourth-order valence-corrected chi connectivity index (χ4v) is 3.95. The molecule has 28 heavy (non-hydrogen) atoms. The number of aryl methyl sites for hydroxylation is 1. The maximum Gasteiger partial charge on any atom is 0.251 e. The number of hydrogen-bond acceptors (Lipinski definition) is 6. The number of methoxy groups -OCH3 is 1. The largest absolute Gasteiger partial charge is 0.497 e. The number of benzene rings is 2. The monoisotopic (exact) mass is 414 g/mol. The number of nitrogens with one attached hydrogen (secondary N) is 1. The Morgan fingerprint density at radius 1 is 1.11 bits per heavy atom. The zero-order valence-corrected chi connectivity index (χ0v) is 17.4. The lowest BCUT2D eigenvalue weighted by molar-refractivity contribution is 0.0947. The van der Waals surface area contributed by atoms with E-state index < -0.39 is 0 Å². The fourth-order valence-electron chi connectivity index (χ4n) is 2.44. The molecule has 0 aliphatic carbocycles. The summed E-state index contributed by atoms with van der Waals surface area (Å²) >= 11 is 3.37. The second kappa shape index (κ2) is 10.1. The molecule has 0 atom stereocenters. The van der Waals surface area contributed by atoms with Crippen molar-refractivity contribution in [1.82, 2.24) is 10.3 Å². The third-order valence-corrected chi connectivity index (χ3v) is 5.75. The van der Waals surface area contributed by atoms with Crippen LogP contribution in [0, 0.1) is 6.92 Å². The summed E-state index contributed by atoms with van der Waals surface area (Å²) in [5.74, 6) is 2.25. The molecule has 2 aromatic carbocycles. The Hall–Kier alpha value is -2.51. The van der Waals surface area contributed by atoms with Crippen LogP contribution >= 0.6 is 23.1 Å². The van der Waals surface area contributed by atoms with Crippen LogP contribution in [0.4, 0.5) is 0 Å². The van der Waals surface area contributed by atoms with E-state index in [2.05, 4.69) is 15.7 Å². The molecule has 1 N–H and O–H groups in total. The summed E-state index contributed by atoms with van der Waals surface area (Å²) in [6.45, 7) is 2.85. The fraction of sp³-hybridized carbons (Fsp3) is 0.238. The van der Waals surface area contributed by atoms with E-state index in [1.807, 2.05) is 55.5 Å². The number of carbonyl (C=O) groups excluding carboxylic acids is 1. The zero-order valence-electron chi connectivity index (χ0n) is 15.8. The zero-order chi connectivity index (χ0) is 19.8. The van der Waals surface area contributed by atoms with E-state index in [1.165, 1.54) is 0 Å². The Balaban J connectivity index is 1.40. The summed E-state index contributed by atoms with van der Waals surface area (Å²) in [7, 11) is 1.62. The minimum Gasteiger partial charge on any atom is -0.497 e. The Bertz CT molecular complexity index is 893. The van der Waals surface area contributed by atoms with Gasteiger partial charge in [0.05, 0.1) is 24.4 Å². The first-order chi connectivity index (χ1) is 13.6. The highest BCUT2D eigenvalue weighted by atomic mass is 32.2. The smallest absolute Gasteiger partial charge is 0.251 e. The molecule has 0 aliphatic heterocycles. The number of ether oxygens (including phenoxy) is 2. The normalized spacial score (nSPS) is 10.5. The molecule has 0 spiro atoms. The molecule has 1 heterocycles. The lowest BCUT2D eigenvalue weighted by Gasteiger charge is -2.09. The van der Waals surface area contributed by atoms with Crippen molar-refractivity contribution >= 4 is 29.0 Å². The Morgan fingerprint density at radius 3 is 2.46 bits per heavy atom. The van der Waals surface area contributed by atoms with Crippen LogP contribution in [0.25, 0.3) is 0 Å². The highest BCUT2D eigenvalue weighted by molar-refractivity contribution is 7.98. The van der Waals surface area contributed by atoms with Gasteiger partial charge in [-0.25, -0.2) is 4.98 Å². The molecular formula is C21H22N2O3S2. The molecule has 0 radical (unpaired) electrons. The molecule has 0 bridgehead atoms. The first-order valence-electron chi connectivity index (χ1n) is 8.83. The summed E-state index contributed by atoms with van der Waals surface area (Å²) in [5, 5.41) is 6.03. The van der Waals surface area contributed by atoms with Gasteiger partial charge in [-0.1, -0.05) is 0 Å². The topological polar surface area (TPSA) is 60.5 Å². The van der Waals surface area contributed by atoms with E-state index in [-0.39, 0.29) is 5.91 Å². The number of amides is 1. The van der Waals surface area contributed by atoms with Gasteiger partial charge in [0.2, 0.25) is 0 Å². The number of nitrogens with zero attached hydrogens (tertiary/aromatic N) is 1. The van der Waals surface area contributed by atoms with Crippen molar-refractivity contribution in [2.45, 2.75) is 17.6 Å². The summed E-state index contributed by atoms with van der Waals surface area (Å²) in [6.07, 6.45) is 0. The van der Waals surface area contributed by atoms with Crippen molar-refractivity contribution < 1.29 is 14.3 Å². The molecule has 5 nitrogen and oxygen atoms in total. The maximum absolute atomic E-state index is 12.2. The molecule has 146 valence electrons. The number of aromatic nitrogens is 1. The van der Waals surface area contributed by atoms with Gasteiger partial charge < -0.3 is 14.8 Å². The van der Waals surface area contributed by atoms with E-state index in [4.69, 9.17) is 9.47 Å². The summed E-state index contributed by atoms with van der Waals surface area (Å²) in [4.78, 5) is 17.8. The maximum atomic E-state index is 12.2. The van der Waals surface area contributed by atoms with E-state index in [0.29, 0.717) is 18.7 Å². The van der Waals surface area contributed by atoms with Gasteiger partial charge in [-0.3, -0.25) is 4.79 Å². The lowest BCUT2D eigenvalue weighted by Crippen LogP contribution is -2.28. The summed E-state index contributed by atoms with van der Waals surface area (Å²) < 4.78 is 10.7. The molecule has 1 amide bonds. The molecule has 1 aromatic heterocycles. The van der Waals surface area contributed by atoms with Gasteiger partial charge in [-0.15, -0.1) is 23.1 Å². The van der Waals surface area contributed by atoms with Gasteiger partial charge in [0.1, 0.15) is 18.1 Å². The van der Waals surface area contributed by atoms with Crippen LogP contribution in [0.1, 0.15) is 21.1 Å². The third-order valence-electron chi connectivity index (χ3n) is 3.89. The summed E-state index contributed by atoms with van der Waals surface area (Å²) in [6, 6.07) is 15.0. The molecule has 0 saturated carbocycles. The van der Waals surface area contributed by atoms with E-state index >= 15 is 0 Å². The first kappa shape index (κ1) is 20.2. The second-order valence-corrected chi connectivity index (χ2v) is 8.06. The number of carbonyl (C=O) groups is 1. The number of rotatable bonds is 9. The third kappa shape index (κ3) is 6.00. The molecule has 0 saturated heterocycles. The predicted octanol–water partition coefficient (Wildman–Crippen LogP) is 4.56. The number of thiazole rings is 1. The first-order valence-corrected chi connectivity index (χ1v) is 10.7. The van der Waals surface area contributed by atoms with Gasteiger partial charge >= 0.3 is 0 Å². The number of hydrogen-bond donors (Lipinski definition) is 1. The summed E-state index contributed by atoms with van der Waals surface area (Å²) in [5.41, 5.74) is 1.73. The van der Waals surface area contributed by atoms with Gasteiger partial charge in [0.25, 0.3) is 5.91 Å². The molecule has 0 unspecified atom stereocenters. The minimum atomic E-state index is -0.106. The quantitative estimate of drug-likeness (QED) is 0.411. The molecular weight excluding hydrogens is 392 g/mol. The van der Waals surface area contributed by atoms with Crippen molar-refractivity contribution in [3.05, 3.63) is 70.2 Å². The van der Waals surface area contributed by atoms with Crippen LogP contribution in [-0.2, 0) is 5.75 Å². The average molecular weight is 415 g/mol. The highest BCUT2D eigenvalue weighted by Gasteiger charge is 2.06. The highest BCUT2D eigenvalue weighted by Crippen LogP contribution is 2.24. The molecule has 0 fully saturated rings. The van der Waals surface area contributed by atoms with E-state index in [1.54, 1.807) is 30.2 Å². The van der Waals surface area contributed by atoms with Gasteiger partial charge in [0, 0.05) is 21.6 Å². The Morgan fingerprint density at radius 2 is 1.82 bits per heavy atom. The van der Waals surface area contributed by atoms with Crippen LogP contribution in [0.2, 0.25) is 0 Å². The van der Waals surface area contributed by atoms with Crippen LogP contribution in [0.15, 0.2) is 58.8 Å². The van der Waals surface area contributed by atoms with Crippen LogP contribution in [0.3, 0.4) is 0 Å². The van der Waals surface area contributed by atoms with E-state index in [9.17, 15) is 4.79 Å². The van der Waals surface area contributed by atoms with Gasteiger partial charge in [0.15, 0.2) is 0 Å². The lowest BCUT2D eigenvalue weighted by atomic mass is 10.2. The Labute approximate surface area is 173 Å². The Kier molecular flexibility index (Phi) is 7.33. The van der Waals surface area contributed by atoms with E-state index in [0.717, 1.165) is 32.8 Å². The SMILES string of the molecule is COc1ccc(OCCNC(=O)c2ccc(SCc3csc(C)n3)cc2)cc1. The second-order valence-electron chi connectivity index (χ2n) is 5.95. The standard InChI is InChI=1S/C21H22N2O3S2/c1-15-23-17(13-27-15)14-28-20-9-3-16(4-10-20)21(24)22-11-12-26-19-7-5-18(25-2)6-8-19/h3-10,13H,11-12,14H2,1-2H3,(H,22,24). The van der Waals surface area contributed by atoms with Gasteiger partial charge in [-0.05, 0) is 55.5 Å². The minimum absolute atomic E-state index is 0.106. The molecule has 3 aromatic rings. The molecule has 7 heteroatoms. The van der Waals surface area contributed by atoms with Crippen molar-refractivity contribution in [3.8, 4) is 11.5 Å². The van der Waals surface area contributed by atoms with Crippen molar-refractivity contribution in [2.75, 3.05) is 20.3 Å². The predicted molar refractivity (Wildman–Crippen MR) is 114 cm³/mol. The van der Waals surface area contributed by atoms with Crippen LogP contribution in [0.5, 0.6) is 11.5 Å². The van der Waals surface area contributed by atoms with Crippen molar-refractivity contribution in [2.24, 2.45) is 0 Å². The van der Waals surface area contributed by atoms with Crippen molar-refractivity contribution in [3.63, 3.8) is 0 Å². The van der Waals surface area contributed by atoms with Gasteiger partial charge in [-0.2, -0.15) is 0 Å². The van der Waals surface area contributed by atoms with Crippen LogP contribution in [-0.4, -0.2) is 31.2 Å². The number of thioether (sulfide) groups is 1.